The Bertz CT molecular complexity index is 5660. The van der Waals surface area contributed by atoms with Crippen LogP contribution in [0, 0.1) is 0 Å². The van der Waals surface area contributed by atoms with Crippen LogP contribution in [0.3, 0.4) is 0 Å². The van der Waals surface area contributed by atoms with Crippen molar-refractivity contribution in [3.8, 4) is 17.2 Å². The van der Waals surface area contributed by atoms with Gasteiger partial charge in [-0.1, -0.05) is 194 Å². The summed E-state index contributed by atoms with van der Waals surface area (Å²) in [6.07, 6.45) is 30.9. The number of hydrogen-bond acceptors (Lipinski definition) is 18. The lowest BCUT2D eigenvalue weighted by Gasteiger charge is -2.27. The van der Waals surface area contributed by atoms with Crippen LogP contribution in [0.15, 0.2) is 313 Å². The molecule has 1 fully saturated rings. The fourth-order valence-corrected chi connectivity index (χ4v) is 11.9. The second-order valence-electron chi connectivity index (χ2n) is 25.3. The second kappa shape index (κ2) is 40.0. The number of aromatic nitrogens is 11. The third-order valence-corrected chi connectivity index (χ3v) is 18.0. The van der Waals surface area contributed by atoms with Gasteiger partial charge in [-0.3, -0.25) is 24.0 Å². The number of ether oxygens (including phenoxy) is 4. The lowest BCUT2D eigenvalue weighted by atomic mass is 10.1. The fourth-order valence-electron chi connectivity index (χ4n) is 11.3. The summed E-state index contributed by atoms with van der Waals surface area (Å²) in [7, 11) is 1.62. The minimum absolute atomic E-state index is 0.0699. The van der Waals surface area contributed by atoms with Crippen LogP contribution in [0.4, 0.5) is 5.82 Å². The normalized spacial score (nSPS) is 12.2. The van der Waals surface area contributed by atoms with E-state index in [9.17, 15) is 24.0 Å². The van der Waals surface area contributed by atoms with E-state index in [4.69, 9.17) is 23.4 Å². The summed E-state index contributed by atoms with van der Waals surface area (Å²) in [5, 5.41) is 25.1. The molecule has 570 valence electrons. The highest BCUT2D eigenvalue weighted by atomic mass is 32.1. The Kier molecular flexibility index (Phi) is 27.2. The molecule has 1 saturated heterocycles. The highest BCUT2D eigenvalue weighted by molar-refractivity contribution is 7.08. The van der Waals surface area contributed by atoms with E-state index in [0.29, 0.717) is 59.2 Å². The SMILES string of the molecule is COc1ccc(CC(=O)n2ccc(/C=C/c3ccccc3)n2)cc1.O=C(c1ccc(N2CCOCC2)nc1)n1ccc(/C=C/c2ccccc2)n1.O=C(c1ccc2c(c1)OCO2)n1ccc(/C=C/c2ccccc2)n1.O=C(c1ccco1)n1ccc(/C=C/c2ccccc2)n1.O=C(c1ccsc1)n1ccc(/C=C/c2ccccc2)n1. The van der Waals surface area contributed by atoms with Crippen LogP contribution in [0.1, 0.15) is 108 Å². The number of anilines is 1. The van der Waals surface area contributed by atoms with Crippen molar-refractivity contribution in [3.05, 3.63) is 393 Å². The molecule has 0 aliphatic carbocycles. The zero-order valence-corrected chi connectivity index (χ0v) is 63.1. The van der Waals surface area contributed by atoms with Crippen LogP contribution in [0.5, 0.6) is 17.2 Å². The van der Waals surface area contributed by atoms with E-state index in [-0.39, 0.29) is 42.1 Å². The molecule has 0 bridgehead atoms. The fraction of sp³-hybridized carbons (Fsp3) is 0.0761. The van der Waals surface area contributed by atoms with E-state index in [1.54, 1.807) is 98.9 Å². The summed E-state index contributed by atoms with van der Waals surface area (Å²) in [4.78, 5) is 68.1. The molecule has 17 rings (SSSR count). The third kappa shape index (κ3) is 22.8. The maximum Gasteiger partial charge on any atom is 0.313 e. The molecule has 0 saturated carbocycles. The summed E-state index contributed by atoms with van der Waals surface area (Å²) in [6, 6.07) is 80.1. The van der Waals surface area contributed by atoms with Gasteiger partial charge in [0.15, 0.2) is 17.3 Å². The minimum atomic E-state index is -0.283. The molecular formula is C92H76N12O10S. The summed E-state index contributed by atoms with van der Waals surface area (Å²) in [6.45, 7) is 3.22. The van der Waals surface area contributed by atoms with Crippen molar-refractivity contribution in [2.75, 3.05) is 45.1 Å². The van der Waals surface area contributed by atoms with Gasteiger partial charge in [0.05, 0.1) is 72.6 Å². The average Bonchev–Trinajstić information content (AvgIpc) is 1.70. The number of carbonyl (C=O) groups is 5. The van der Waals surface area contributed by atoms with Crippen LogP contribution in [0.2, 0.25) is 0 Å². The number of carbonyl (C=O) groups excluding carboxylic acids is 5. The maximum absolute atomic E-state index is 12.6. The summed E-state index contributed by atoms with van der Waals surface area (Å²) >= 11 is 1.50. The van der Waals surface area contributed by atoms with Gasteiger partial charge in [-0.05, 0) is 160 Å². The van der Waals surface area contributed by atoms with Gasteiger partial charge in [0.25, 0.3) is 23.6 Å². The number of nitrogens with zero attached hydrogens (tertiary/aromatic N) is 12. The van der Waals surface area contributed by atoms with E-state index in [1.807, 2.05) is 272 Å². The Hall–Kier alpha value is -15.1. The monoisotopic (exact) mass is 1540 g/mol. The molecular weight excluding hydrogens is 1470 g/mol. The number of benzene rings is 7. The van der Waals surface area contributed by atoms with Crippen molar-refractivity contribution in [1.29, 1.82) is 0 Å². The van der Waals surface area contributed by atoms with Crippen LogP contribution in [0.25, 0.3) is 60.8 Å². The number of hydrogen-bond donors (Lipinski definition) is 0. The molecule has 0 atom stereocenters. The summed E-state index contributed by atoms with van der Waals surface area (Å²) in [5.74, 6) is 2.27. The van der Waals surface area contributed by atoms with Crippen molar-refractivity contribution < 1.29 is 47.3 Å². The smallest absolute Gasteiger partial charge is 0.313 e. The first-order valence-corrected chi connectivity index (χ1v) is 37.5. The maximum atomic E-state index is 12.6. The Morgan fingerprint density at radius 2 is 0.826 bits per heavy atom. The Morgan fingerprint density at radius 1 is 0.409 bits per heavy atom. The van der Waals surface area contributed by atoms with Crippen molar-refractivity contribution in [2.45, 2.75) is 6.42 Å². The van der Waals surface area contributed by atoms with E-state index in [1.165, 1.54) is 41.0 Å². The van der Waals surface area contributed by atoms with Gasteiger partial charge in [-0.15, -0.1) is 0 Å². The Labute approximate surface area is 667 Å². The lowest BCUT2D eigenvalue weighted by molar-refractivity contribution is 0.0894. The van der Waals surface area contributed by atoms with Gasteiger partial charge in [0, 0.05) is 61.2 Å². The van der Waals surface area contributed by atoms with Crippen molar-refractivity contribution in [3.63, 3.8) is 0 Å². The standard InChI is InChI=1S/C21H20N4O2.C20H18N2O2.C19H14N2O3.C16H12N2O2.C16H12N2OS/c26-21(18-7-9-20(22-16-18)24-12-14-27-15-13-24)25-11-10-19(23-25)8-6-17-4-2-1-3-5-17;1-24-19-11-8-17(9-12-19)15-20(23)22-14-13-18(21-22)10-7-16-5-3-2-4-6-16;22-19(15-7-9-17-18(12-15)24-13-23-17)21-11-10-16(20-21)8-6-14-4-2-1-3-5-14;19-16(15-7-4-12-20-15)18-11-10-14(17-18)9-8-13-5-2-1-3-6-13;19-16(14-9-11-20-12-14)18-10-8-15(17-18)7-6-13-4-2-1-3-5-13/h1-11,16H,12-15H2;2-14H,15H2,1H3;1-12H,13H2;2*1-12H/b8-6+;10-7+;8-6+;9-8+;7-6+. The van der Waals surface area contributed by atoms with Crippen LogP contribution in [-0.2, 0) is 11.2 Å². The zero-order valence-electron chi connectivity index (χ0n) is 62.3. The number of fused-ring (bicyclic) bond motifs is 1. The van der Waals surface area contributed by atoms with Gasteiger partial charge in [-0.2, -0.15) is 36.8 Å². The lowest BCUT2D eigenvalue weighted by Crippen LogP contribution is -2.36. The third-order valence-electron chi connectivity index (χ3n) is 17.3. The molecule has 0 N–H and O–H groups in total. The number of rotatable bonds is 18. The number of furan rings is 1. The highest BCUT2D eigenvalue weighted by Crippen LogP contribution is 2.33. The van der Waals surface area contributed by atoms with Gasteiger partial charge in [-0.25, -0.2) is 28.4 Å². The predicted molar refractivity (Wildman–Crippen MR) is 447 cm³/mol. The molecule has 2 aliphatic heterocycles. The molecule has 0 spiro atoms. The molecule has 0 amide bonds. The number of thiophene rings is 1. The molecule has 15 aromatic rings. The van der Waals surface area contributed by atoms with E-state index in [2.05, 4.69) is 35.4 Å². The van der Waals surface area contributed by atoms with Crippen molar-refractivity contribution in [2.24, 2.45) is 0 Å². The molecule has 115 heavy (non-hydrogen) atoms. The minimum Gasteiger partial charge on any atom is -0.497 e. The molecule has 0 unspecified atom stereocenters. The first-order valence-electron chi connectivity index (χ1n) is 36.5. The van der Waals surface area contributed by atoms with Crippen LogP contribution in [-0.4, -0.2) is 124 Å². The molecule has 8 aromatic heterocycles. The number of methoxy groups -OCH3 is 1. The predicted octanol–water partition coefficient (Wildman–Crippen LogP) is 17.5. The summed E-state index contributed by atoms with van der Waals surface area (Å²) in [5.41, 5.74) is 11.7. The van der Waals surface area contributed by atoms with Gasteiger partial charge in [0.2, 0.25) is 6.79 Å². The first kappa shape index (κ1) is 78.1. The van der Waals surface area contributed by atoms with E-state index >= 15 is 0 Å². The molecule has 22 nitrogen and oxygen atoms in total. The van der Waals surface area contributed by atoms with E-state index in [0.717, 1.165) is 75.1 Å². The zero-order chi connectivity index (χ0) is 79.2. The largest absolute Gasteiger partial charge is 0.497 e. The van der Waals surface area contributed by atoms with E-state index < -0.39 is 0 Å². The van der Waals surface area contributed by atoms with Crippen LogP contribution >= 0.6 is 11.3 Å². The molecule has 7 aromatic carbocycles. The molecule has 10 heterocycles. The van der Waals surface area contributed by atoms with Crippen LogP contribution < -0.4 is 19.1 Å². The number of pyridine rings is 1. The Morgan fingerprint density at radius 3 is 1.24 bits per heavy atom. The second-order valence-corrected chi connectivity index (χ2v) is 26.1. The number of morpholine rings is 1. The molecule has 0 radical (unpaired) electrons. The Balaban J connectivity index is 0.000000126. The highest BCUT2D eigenvalue weighted by Gasteiger charge is 2.20. The molecule has 2 aliphatic rings. The quantitative estimate of drug-likeness (QED) is 0.0775. The average molecular weight is 1540 g/mol. The van der Waals surface area contributed by atoms with Crippen molar-refractivity contribution >= 4 is 107 Å². The molecule has 23 heteroatoms. The first-order chi connectivity index (χ1) is 56.5. The summed E-state index contributed by atoms with van der Waals surface area (Å²) < 4.78 is 32.8. The van der Waals surface area contributed by atoms with Gasteiger partial charge in [0.1, 0.15) is 11.6 Å². The van der Waals surface area contributed by atoms with Gasteiger partial charge < -0.3 is 28.3 Å². The van der Waals surface area contributed by atoms with Gasteiger partial charge >= 0.3 is 5.91 Å². The topological polar surface area (TPSA) is 241 Å². The van der Waals surface area contributed by atoms with Crippen molar-refractivity contribution in [1.82, 2.24) is 53.9 Å².